The maximum Gasteiger partial charge on any atom is 0.191 e. The van der Waals surface area contributed by atoms with Crippen LogP contribution in [0.15, 0.2) is 35.3 Å². The average Bonchev–Trinajstić information content (AvgIpc) is 2.80. The van der Waals surface area contributed by atoms with Gasteiger partial charge in [-0.25, -0.2) is 0 Å². The molecule has 32 heavy (non-hydrogen) atoms. The second-order valence-corrected chi connectivity index (χ2v) is 9.98. The van der Waals surface area contributed by atoms with Crippen LogP contribution in [0.3, 0.4) is 0 Å². The molecule has 0 amide bonds. The number of hydrogen-bond acceptors (Lipinski definition) is 4. The summed E-state index contributed by atoms with van der Waals surface area (Å²) < 4.78 is 5.70. The number of nitrogens with zero attached hydrogens (tertiary/aromatic N) is 2. The van der Waals surface area contributed by atoms with Crippen LogP contribution in [0.5, 0.6) is 0 Å². The summed E-state index contributed by atoms with van der Waals surface area (Å²) in [6, 6.07) is 11.5. The Morgan fingerprint density at radius 2 is 1.81 bits per heavy atom. The Morgan fingerprint density at radius 1 is 1.12 bits per heavy atom. The van der Waals surface area contributed by atoms with Gasteiger partial charge in [0.25, 0.3) is 0 Å². The van der Waals surface area contributed by atoms with Crippen LogP contribution in [0.4, 0.5) is 0 Å². The van der Waals surface area contributed by atoms with Crippen LogP contribution in [0.2, 0.25) is 0 Å². The zero-order chi connectivity index (χ0) is 22.8. The predicted octanol–water partition coefficient (Wildman–Crippen LogP) is 3.56. The van der Waals surface area contributed by atoms with Crippen molar-refractivity contribution < 1.29 is 4.74 Å². The van der Waals surface area contributed by atoms with E-state index in [1.54, 1.807) is 0 Å². The molecular formula is C26H45N5O. The zero-order valence-electron chi connectivity index (χ0n) is 20.7. The largest absolute Gasteiger partial charge is 0.381 e. The van der Waals surface area contributed by atoms with Crippen LogP contribution in [-0.2, 0) is 4.74 Å². The standard InChI is InChI=1S/C26H45N5O/c1-5-27-25(29-24-11-15-31(16-12-24)19-21(2)3)28-20-26(13-17-32-18-14-26)30-22(4)23-9-7-6-8-10-23/h6-10,21-22,24,30H,5,11-20H2,1-4H3,(H2,27,28,29). The van der Waals surface area contributed by atoms with Gasteiger partial charge in [0.15, 0.2) is 5.96 Å². The Labute approximate surface area is 195 Å². The molecule has 3 rings (SSSR count). The van der Waals surface area contributed by atoms with Crippen LogP contribution >= 0.6 is 0 Å². The fourth-order valence-corrected chi connectivity index (χ4v) is 4.91. The molecule has 0 aromatic heterocycles. The van der Waals surface area contributed by atoms with E-state index in [0.717, 1.165) is 51.0 Å². The predicted molar refractivity (Wildman–Crippen MR) is 134 cm³/mol. The lowest BCUT2D eigenvalue weighted by Gasteiger charge is -2.40. The Balaban J connectivity index is 1.61. The first-order valence-electron chi connectivity index (χ1n) is 12.7. The van der Waals surface area contributed by atoms with E-state index in [9.17, 15) is 0 Å². The van der Waals surface area contributed by atoms with Gasteiger partial charge in [0.05, 0.1) is 6.54 Å². The van der Waals surface area contributed by atoms with Gasteiger partial charge >= 0.3 is 0 Å². The first-order valence-corrected chi connectivity index (χ1v) is 12.7. The fraction of sp³-hybridized carbons (Fsp3) is 0.731. The number of piperidine rings is 1. The number of hydrogen-bond donors (Lipinski definition) is 3. The highest BCUT2D eigenvalue weighted by molar-refractivity contribution is 5.80. The molecule has 2 aliphatic heterocycles. The highest BCUT2D eigenvalue weighted by Crippen LogP contribution is 2.26. The van der Waals surface area contributed by atoms with Crippen molar-refractivity contribution in [2.75, 3.05) is 45.9 Å². The third-order valence-electron chi connectivity index (χ3n) is 6.71. The molecule has 1 aromatic carbocycles. The number of benzene rings is 1. The van der Waals surface area contributed by atoms with Crippen molar-refractivity contribution in [3.05, 3.63) is 35.9 Å². The summed E-state index contributed by atoms with van der Waals surface area (Å²) in [5, 5.41) is 11.1. The van der Waals surface area contributed by atoms with E-state index in [1.807, 2.05) is 0 Å². The van der Waals surface area contributed by atoms with Crippen LogP contribution in [-0.4, -0.2) is 68.4 Å². The summed E-state index contributed by atoms with van der Waals surface area (Å²) in [5.74, 6) is 1.69. The summed E-state index contributed by atoms with van der Waals surface area (Å²) in [7, 11) is 0. The summed E-state index contributed by atoms with van der Waals surface area (Å²) in [5.41, 5.74) is 1.29. The summed E-state index contributed by atoms with van der Waals surface area (Å²) in [4.78, 5) is 7.68. The van der Waals surface area contributed by atoms with Gasteiger partial charge in [-0.05, 0) is 51.0 Å². The van der Waals surface area contributed by atoms with Gasteiger partial charge in [-0.1, -0.05) is 44.2 Å². The van der Waals surface area contributed by atoms with E-state index < -0.39 is 0 Å². The minimum atomic E-state index is -0.0313. The maximum absolute atomic E-state index is 5.70. The second kappa shape index (κ2) is 12.6. The van der Waals surface area contributed by atoms with Crippen molar-refractivity contribution >= 4 is 5.96 Å². The lowest BCUT2D eigenvalue weighted by Crippen LogP contribution is -2.54. The molecule has 2 saturated heterocycles. The van der Waals surface area contributed by atoms with Crippen LogP contribution < -0.4 is 16.0 Å². The molecule has 0 spiro atoms. The number of aliphatic imine (C=N–C) groups is 1. The van der Waals surface area contributed by atoms with Crippen LogP contribution in [0.1, 0.15) is 65.0 Å². The molecule has 3 N–H and O–H groups in total. The van der Waals surface area contributed by atoms with Gasteiger partial charge in [-0.15, -0.1) is 0 Å². The number of guanidine groups is 1. The highest BCUT2D eigenvalue weighted by atomic mass is 16.5. The molecule has 6 heteroatoms. The lowest BCUT2D eigenvalue weighted by molar-refractivity contribution is 0.0374. The number of ether oxygens (including phenoxy) is 1. The Morgan fingerprint density at radius 3 is 2.44 bits per heavy atom. The number of likely N-dealkylation sites (tertiary alicyclic amines) is 1. The normalized spacial score (nSPS) is 21.5. The Hall–Kier alpha value is -1.63. The van der Waals surface area contributed by atoms with Gasteiger partial charge in [-0.2, -0.15) is 0 Å². The highest BCUT2D eigenvalue weighted by Gasteiger charge is 2.34. The van der Waals surface area contributed by atoms with Gasteiger partial charge < -0.3 is 25.6 Å². The van der Waals surface area contributed by atoms with Crippen molar-refractivity contribution in [2.45, 2.75) is 71.0 Å². The topological polar surface area (TPSA) is 60.9 Å². The van der Waals surface area contributed by atoms with Crippen molar-refractivity contribution in [1.82, 2.24) is 20.9 Å². The van der Waals surface area contributed by atoms with Gasteiger partial charge in [0, 0.05) is 57.0 Å². The van der Waals surface area contributed by atoms with Gasteiger partial charge in [0.2, 0.25) is 0 Å². The molecule has 1 aromatic rings. The minimum Gasteiger partial charge on any atom is -0.381 e. The van der Waals surface area contributed by atoms with Crippen molar-refractivity contribution in [1.29, 1.82) is 0 Å². The molecule has 0 bridgehead atoms. The molecule has 6 nitrogen and oxygen atoms in total. The third kappa shape index (κ3) is 7.75. The zero-order valence-corrected chi connectivity index (χ0v) is 20.7. The smallest absolute Gasteiger partial charge is 0.191 e. The SMILES string of the molecule is CCNC(=NCC1(NC(C)c2ccccc2)CCOCC1)NC1CCN(CC(C)C)CC1. The van der Waals surface area contributed by atoms with Crippen LogP contribution in [0.25, 0.3) is 0 Å². The van der Waals surface area contributed by atoms with Crippen LogP contribution in [0, 0.1) is 5.92 Å². The first kappa shape index (κ1) is 25.0. The molecular weight excluding hydrogens is 398 g/mol. The summed E-state index contributed by atoms with van der Waals surface area (Å²) in [6.07, 6.45) is 4.33. The third-order valence-corrected chi connectivity index (χ3v) is 6.71. The molecule has 1 unspecified atom stereocenters. The van der Waals surface area contributed by atoms with Gasteiger partial charge in [0.1, 0.15) is 0 Å². The average molecular weight is 444 g/mol. The van der Waals surface area contributed by atoms with E-state index in [0.29, 0.717) is 6.04 Å². The van der Waals surface area contributed by atoms with E-state index in [-0.39, 0.29) is 11.6 Å². The number of nitrogens with one attached hydrogen (secondary N) is 3. The molecule has 0 aliphatic carbocycles. The van der Waals surface area contributed by atoms with Crippen molar-refractivity contribution in [3.63, 3.8) is 0 Å². The fourth-order valence-electron chi connectivity index (χ4n) is 4.91. The summed E-state index contributed by atoms with van der Waals surface area (Å²) in [6.45, 7) is 15.8. The van der Waals surface area contributed by atoms with Crippen molar-refractivity contribution in [2.24, 2.45) is 10.9 Å². The van der Waals surface area contributed by atoms with E-state index >= 15 is 0 Å². The maximum atomic E-state index is 5.70. The monoisotopic (exact) mass is 443 g/mol. The van der Waals surface area contributed by atoms with E-state index in [1.165, 1.54) is 38.0 Å². The molecule has 2 aliphatic rings. The molecule has 0 radical (unpaired) electrons. The van der Waals surface area contributed by atoms with E-state index in [4.69, 9.17) is 9.73 Å². The summed E-state index contributed by atoms with van der Waals surface area (Å²) >= 11 is 0. The second-order valence-electron chi connectivity index (χ2n) is 9.98. The quantitative estimate of drug-likeness (QED) is 0.402. The van der Waals surface area contributed by atoms with E-state index in [2.05, 4.69) is 78.9 Å². The first-order chi connectivity index (χ1) is 15.5. The molecule has 2 heterocycles. The Kier molecular flexibility index (Phi) is 9.82. The van der Waals surface area contributed by atoms with Crippen molar-refractivity contribution in [3.8, 4) is 0 Å². The molecule has 2 fully saturated rings. The minimum absolute atomic E-state index is 0.0313. The number of rotatable bonds is 9. The van der Waals surface area contributed by atoms with Gasteiger partial charge in [-0.3, -0.25) is 4.99 Å². The lowest BCUT2D eigenvalue weighted by atomic mass is 9.88. The molecule has 0 saturated carbocycles. The Bertz CT molecular complexity index is 679. The molecule has 1 atom stereocenters. The molecule has 180 valence electrons.